The van der Waals surface area contributed by atoms with Crippen LogP contribution in [0.25, 0.3) is 0 Å². The standard InChI is InChI=1S/C10H12Br2O2/c1-8(2)7(14)10(12)4-3-9(8,5-13)6(10)11/h5-6H,3-4H2,1-2H3/t6-,9-,10-/m0/s1. The van der Waals surface area contributed by atoms with E-state index in [2.05, 4.69) is 31.9 Å². The minimum atomic E-state index is -0.551. The number of carbonyl (C=O) groups excluding carboxylic acids is 2. The maximum atomic E-state index is 12.1. The van der Waals surface area contributed by atoms with Crippen molar-refractivity contribution in [2.45, 2.75) is 35.8 Å². The zero-order valence-corrected chi connectivity index (χ0v) is 11.3. The third-order valence-corrected chi connectivity index (χ3v) is 7.50. The molecule has 3 atom stereocenters. The van der Waals surface area contributed by atoms with Crippen LogP contribution in [0.5, 0.6) is 0 Å². The number of rotatable bonds is 1. The molecule has 0 radical (unpaired) electrons. The van der Waals surface area contributed by atoms with Crippen molar-refractivity contribution in [2.24, 2.45) is 10.8 Å². The molecule has 0 heterocycles. The van der Waals surface area contributed by atoms with Gasteiger partial charge in [-0.25, -0.2) is 0 Å². The Morgan fingerprint density at radius 3 is 2.29 bits per heavy atom. The monoisotopic (exact) mass is 322 g/mol. The molecule has 2 fully saturated rings. The van der Waals surface area contributed by atoms with Gasteiger partial charge in [-0.15, -0.1) is 0 Å². The first-order valence-corrected chi connectivity index (χ1v) is 6.38. The second kappa shape index (κ2) is 2.70. The van der Waals surface area contributed by atoms with Crippen molar-refractivity contribution in [3.8, 4) is 0 Å². The summed E-state index contributed by atoms with van der Waals surface area (Å²) in [5, 5.41) is 0. The van der Waals surface area contributed by atoms with Gasteiger partial charge in [0.15, 0.2) is 5.78 Å². The second-order valence-corrected chi connectivity index (χ2v) is 7.17. The molecule has 14 heavy (non-hydrogen) atoms. The first kappa shape index (κ1) is 10.8. The molecule has 2 nitrogen and oxygen atoms in total. The Kier molecular flexibility index (Phi) is 2.08. The van der Waals surface area contributed by atoms with Crippen molar-refractivity contribution in [3.05, 3.63) is 0 Å². The van der Waals surface area contributed by atoms with Crippen molar-refractivity contribution in [3.63, 3.8) is 0 Å². The zero-order valence-electron chi connectivity index (χ0n) is 8.14. The molecular weight excluding hydrogens is 312 g/mol. The lowest BCUT2D eigenvalue weighted by atomic mass is 9.65. The van der Waals surface area contributed by atoms with Crippen LogP contribution in [0.15, 0.2) is 0 Å². The Balaban J connectivity index is 2.64. The molecule has 78 valence electrons. The highest BCUT2D eigenvalue weighted by Crippen LogP contribution is 2.68. The van der Waals surface area contributed by atoms with E-state index in [1.54, 1.807) is 0 Å². The van der Waals surface area contributed by atoms with Crippen LogP contribution in [0.4, 0.5) is 0 Å². The first-order chi connectivity index (χ1) is 6.33. The number of alkyl halides is 2. The van der Waals surface area contributed by atoms with Gasteiger partial charge in [0.25, 0.3) is 0 Å². The molecule has 0 saturated heterocycles. The van der Waals surface area contributed by atoms with Gasteiger partial charge in [0.05, 0.1) is 14.6 Å². The predicted molar refractivity (Wildman–Crippen MR) is 60.9 cm³/mol. The van der Waals surface area contributed by atoms with Crippen molar-refractivity contribution in [2.75, 3.05) is 0 Å². The van der Waals surface area contributed by atoms with Crippen molar-refractivity contribution < 1.29 is 9.59 Å². The fourth-order valence-corrected chi connectivity index (χ4v) is 5.35. The van der Waals surface area contributed by atoms with Gasteiger partial charge in [-0.3, -0.25) is 4.79 Å². The minimum absolute atomic E-state index is 0.0671. The number of aldehydes is 1. The summed E-state index contributed by atoms with van der Waals surface area (Å²) in [5.41, 5.74) is -1.07. The van der Waals surface area contributed by atoms with Gasteiger partial charge in [-0.1, -0.05) is 45.7 Å². The Morgan fingerprint density at radius 1 is 1.43 bits per heavy atom. The number of fused-ring (bicyclic) bond motifs is 2. The lowest BCUT2D eigenvalue weighted by Gasteiger charge is -2.36. The molecule has 0 unspecified atom stereocenters. The largest absolute Gasteiger partial charge is 0.303 e. The average Bonchev–Trinajstić information content (AvgIpc) is 2.45. The molecule has 2 aliphatic rings. The van der Waals surface area contributed by atoms with E-state index in [4.69, 9.17) is 0 Å². The summed E-state index contributed by atoms with van der Waals surface area (Å²) in [4.78, 5) is 23.4. The SMILES string of the molecule is CC1(C)C(=O)[C@]2(Br)CC[C@]1(C=O)[C@@H]2Br. The Hall–Kier alpha value is 0.300. The molecule has 0 N–H and O–H groups in total. The van der Waals surface area contributed by atoms with Gasteiger partial charge in [0.2, 0.25) is 0 Å². The summed E-state index contributed by atoms with van der Waals surface area (Å²) in [6, 6.07) is 0. The predicted octanol–water partition coefficient (Wildman–Crippen LogP) is 2.47. The van der Waals surface area contributed by atoms with Crippen LogP contribution in [0.1, 0.15) is 26.7 Å². The summed E-state index contributed by atoms with van der Waals surface area (Å²) in [5.74, 6) is 0.158. The average molecular weight is 324 g/mol. The summed E-state index contributed by atoms with van der Waals surface area (Å²) in [6.45, 7) is 3.75. The Bertz CT molecular complexity index is 326. The maximum Gasteiger partial charge on any atom is 0.157 e. The van der Waals surface area contributed by atoms with Crippen LogP contribution < -0.4 is 0 Å². The fourth-order valence-electron chi connectivity index (χ4n) is 2.91. The lowest BCUT2D eigenvalue weighted by molar-refractivity contribution is -0.136. The lowest BCUT2D eigenvalue weighted by Crippen LogP contribution is -2.43. The van der Waals surface area contributed by atoms with Crippen molar-refractivity contribution in [1.82, 2.24) is 0 Å². The van der Waals surface area contributed by atoms with Crippen molar-refractivity contribution in [1.29, 1.82) is 0 Å². The number of ketones is 1. The number of halogens is 2. The molecule has 2 saturated carbocycles. The highest BCUT2D eigenvalue weighted by Gasteiger charge is 2.74. The van der Waals surface area contributed by atoms with Crippen LogP contribution in [-0.4, -0.2) is 21.2 Å². The quantitative estimate of drug-likeness (QED) is 0.549. The molecule has 0 aromatic heterocycles. The topological polar surface area (TPSA) is 34.1 Å². The van der Waals surface area contributed by atoms with Gasteiger partial charge in [0, 0.05) is 5.41 Å². The number of Topliss-reactive ketones (excluding diaryl/α,β-unsaturated/α-hetero) is 1. The van der Waals surface area contributed by atoms with Gasteiger partial charge in [0.1, 0.15) is 6.29 Å². The molecule has 2 aliphatic carbocycles. The number of hydrogen-bond donors (Lipinski definition) is 0. The second-order valence-electron chi connectivity index (χ2n) is 4.84. The van der Waals surface area contributed by atoms with E-state index in [1.807, 2.05) is 13.8 Å². The van der Waals surface area contributed by atoms with E-state index in [0.717, 1.165) is 19.1 Å². The van der Waals surface area contributed by atoms with Gasteiger partial charge < -0.3 is 4.79 Å². The highest BCUT2D eigenvalue weighted by atomic mass is 79.9. The van der Waals surface area contributed by atoms with Crippen LogP contribution in [0.2, 0.25) is 0 Å². The van der Waals surface area contributed by atoms with E-state index < -0.39 is 15.2 Å². The highest BCUT2D eigenvalue weighted by molar-refractivity contribution is 9.13. The molecular formula is C10H12Br2O2. The third kappa shape index (κ3) is 0.838. The van der Waals surface area contributed by atoms with Gasteiger partial charge in [-0.05, 0) is 12.8 Å². The van der Waals surface area contributed by atoms with Crippen molar-refractivity contribution >= 4 is 43.9 Å². The van der Waals surface area contributed by atoms with E-state index in [0.29, 0.717) is 0 Å². The summed E-state index contributed by atoms with van der Waals surface area (Å²) in [7, 11) is 0. The van der Waals surface area contributed by atoms with E-state index in [9.17, 15) is 9.59 Å². The third-order valence-electron chi connectivity index (χ3n) is 4.08. The zero-order chi connectivity index (χ0) is 10.8. The van der Waals surface area contributed by atoms with Crippen LogP contribution in [0, 0.1) is 10.8 Å². The van der Waals surface area contributed by atoms with E-state index >= 15 is 0 Å². The number of carbonyl (C=O) groups is 2. The van der Waals surface area contributed by atoms with Crippen LogP contribution in [0.3, 0.4) is 0 Å². The molecule has 0 aromatic carbocycles. The molecule has 0 aliphatic heterocycles. The molecule has 0 aromatic rings. The smallest absolute Gasteiger partial charge is 0.157 e. The summed E-state index contributed by atoms with van der Waals surface area (Å²) >= 11 is 7.04. The Morgan fingerprint density at radius 2 is 2.00 bits per heavy atom. The number of hydrogen-bond acceptors (Lipinski definition) is 2. The summed E-state index contributed by atoms with van der Waals surface area (Å²) in [6.07, 6.45) is 2.51. The first-order valence-electron chi connectivity index (χ1n) is 4.67. The molecule has 2 bridgehead atoms. The maximum absolute atomic E-state index is 12.1. The Labute approximate surface area is 100 Å². The van der Waals surface area contributed by atoms with E-state index in [-0.39, 0.29) is 10.6 Å². The van der Waals surface area contributed by atoms with Gasteiger partial charge in [-0.2, -0.15) is 0 Å². The van der Waals surface area contributed by atoms with E-state index in [1.165, 1.54) is 0 Å². The van der Waals surface area contributed by atoms with Crippen LogP contribution >= 0.6 is 31.9 Å². The normalized spacial score (nSPS) is 49.7. The van der Waals surface area contributed by atoms with Gasteiger partial charge >= 0.3 is 0 Å². The molecule has 0 spiro atoms. The van der Waals surface area contributed by atoms with Crippen LogP contribution in [-0.2, 0) is 9.59 Å². The molecule has 0 amide bonds. The fraction of sp³-hybridized carbons (Fsp3) is 0.800. The molecule has 4 heteroatoms. The summed E-state index contributed by atoms with van der Waals surface area (Å²) < 4.78 is -0.516. The molecule has 2 rings (SSSR count). The minimum Gasteiger partial charge on any atom is -0.303 e.